The van der Waals surface area contributed by atoms with Crippen LogP contribution in [0.4, 0.5) is 5.69 Å². The molecule has 4 N–H and O–H groups in total. The van der Waals surface area contributed by atoms with Crippen molar-refractivity contribution < 1.29 is 5.11 Å². The number of aliphatic hydroxyl groups is 1. The van der Waals surface area contributed by atoms with Gasteiger partial charge in [-0.15, -0.1) is 0 Å². The van der Waals surface area contributed by atoms with Gasteiger partial charge in [0.25, 0.3) is 5.56 Å². The number of hydrogen-bond donors (Lipinski definition) is 3. The molecule has 1 atom stereocenters. The van der Waals surface area contributed by atoms with Crippen molar-refractivity contribution in [2.75, 3.05) is 5.73 Å². The molecule has 0 amide bonds. The van der Waals surface area contributed by atoms with Gasteiger partial charge in [-0.3, -0.25) is 9.89 Å². The van der Waals surface area contributed by atoms with E-state index in [4.69, 9.17) is 10.8 Å². The molecule has 1 aliphatic rings. The number of rotatable bonds is 3. The quantitative estimate of drug-likeness (QED) is 0.638. The van der Waals surface area contributed by atoms with Crippen molar-refractivity contribution >= 4 is 5.69 Å². The molecule has 0 radical (unpaired) electrons. The molecule has 0 spiro atoms. The number of H-pyrrole nitrogens is 1. The summed E-state index contributed by atoms with van der Waals surface area (Å²) in [5.41, 5.74) is 6.62. The lowest BCUT2D eigenvalue weighted by molar-refractivity contribution is 0.167. The summed E-state index contributed by atoms with van der Waals surface area (Å²) in [6.45, 7) is 1.91. The van der Waals surface area contributed by atoms with Crippen LogP contribution in [0.1, 0.15) is 31.4 Å². The molecular weight excluding hydrogens is 182 g/mol. The maximum atomic E-state index is 11.6. The Balaban J connectivity index is 2.32. The number of anilines is 1. The molecular formula is C9H15N3O2. The van der Waals surface area contributed by atoms with Crippen LogP contribution in [0.25, 0.3) is 0 Å². The summed E-state index contributed by atoms with van der Waals surface area (Å²) >= 11 is 0. The minimum Gasteiger partial charge on any atom is -0.393 e. The maximum Gasteiger partial charge on any atom is 0.290 e. The van der Waals surface area contributed by atoms with Crippen LogP contribution in [-0.4, -0.2) is 21.0 Å². The third-order valence-electron chi connectivity index (χ3n) is 2.45. The van der Waals surface area contributed by atoms with E-state index in [2.05, 4.69) is 5.10 Å². The topological polar surface area (TPSA) is 84.0 Å². The van der Waals surface area contributed by atoms with Gasteiger partial charge in [-0.1, -0.05) is 0 Å². The summed E-state index contributed by atoms with van der Waals surface area (Å²) in [6, 6.07) is 0. The summed E-state index contributed by atoms with van der Waals surface area (Å²) in [6.07, 6.45) is 1.65. The molecule has 1 aromatic rings. The van der Waals surface area contributed by atoms with Gasteiger partial charge in [0.15, 0.2) is 0 Å². The Bertz CT molecular complexity index is 387. The first kappa shape index (κ1) is 9.33. The molecule has 1 heterocycles. The number of aromatic amines is 1. The second-order valence-electron chi connectivity index (χ2n) is 3.98. The van der Waals surface area contributed by atoms with Crippen LogP contribution in [0, 0.1) is 0 Å². The van der Waals surface area contributed by atoms with Gasteiger partial charge in [0.05, 0.1) is 18.3 Å². The highest BCUT2D eigenvalue weighted by Crippen LogP contribution is 2.40. The molecule has 0 aliphatic heterocycles. The predicted molar refractivity (Wildman–Crippen MR) is 53.1 cm³/mol. The highest BCUT2D eigenvalue weighted by atomic mass is 16.3. The highest BCUT2D eigenvalue weighted by Gasteiger charge is 2.29. The van der Waals surface area contributed by atoms with Crippen LogP contribution >= 0.6 is 0 Å². The van der Waals surface area contributed by atoms with E-state index in [9.17, 15) is 4.79 Å². The van der Waals surface area contributed by atoms with E-state index >= 15 is 0 Å². The van der Waals surface area contributed by atoms with Crippen molar-refractivity contribution in [3.63, 3.8) is 0 Å². The largest absolute Gasteiger partial charge is 0.393 e. The molecule has 0 saturated heterocycles. The number of aliphatic hydroxyl groups excluding tert-OH is 1. The molecule has 78 valence electrons. The van der Waals surface area contributed by atoms with Gasteiger partial charge in [0.2, 0.25) is 0 Å². The average molecular weight is 197 g/mol. The Morgan fingerprint density at radius 2 is 2.36 bits per heavy atom. The summed E-state index contributed by atoms with van der Waals surface area (Å²) < 4.78 is 1.38. The standard InChI is InChI=1S/C9H15N3O2/c1-5(13)4-12-9(14)7(10)8(11-12)6-2-3-6/h5-6,11,13H,2-4,10H2,1H3. The zero-order valence-corrected chi connectivity index (χ0v) is 8.16. The van der Waals surface area contributed by atoms with E-state index in [0.717, 1.165) is 18.5 Å². The van der Waals surface area contributed by atoms with Crippen molar-refractivity contribution in [2.45, 2.75) is 38.3 Å². The van der Waals surface area contributed by atoms with Crippen molar-refractivity contribution in [1.29, 1.82) is 0 Å². The van der Waals surface area contributed by atoms with Crippen molar-refractivity contribution in [3.05, 3.63) is 16.0 Å². The van der Waals surface area contributed by atoms with E-state index in [1.807, 2.05) is 0 Å². The monoisotopic (exact) mass is 197 g/mol. The Morgan fingerprint density at radius 3 is 2.86 bits per heavy atom. The van der Waals surface area contributed by atoms with Gasteiger partial charge in [-0.2, -0.15) is 0 Å². The van der Waals surface area contributed by atoms with E-state index in [0.29, 0.717) is 11.6 Å². The molecule has 1 fully saturated rings. The molecule has 1 aromatic heterocycles. The van der Waals surface area contributed by atoms with Gasteiger partial charge in [0.1, 0.15) is 5.69 Å². The maximum absolute atomic E-state index is 11.6. The van der Waals surface area contributed by atoms with Gasteiger partial charge >= 0.3 is 0 Å². The number of nitrogen functional groups attached to an aromatic ring is 1. The van der Waals surface area contributed by atoms with Crippen LogP contribution < -0.4 is 11.3 Å². The molecule has 0 aromatic carbocycles. The van der Waals surface area contributed by atoms with E-state index in [1.54, 1.807) is 6.92 Å². The second kappa shape index (κ2) is 3.16. The lowest BCUT2D eigenvalue weighted by Crippen LogP contribution is -2.24. The van der Waals surface area contributed by atoms with Gasteiger partial charge < -0.3 is 10.8 Å². The number of aromatic nitrogens is 2. The zero-order valence-electron chi connectivity index (χ0n) is 8.16. The number of nitrogens with one attached hydrogen (secondary N) is 1. The first-order valence-electron chi connectivity index (χ1n) is 4.86. The highest BCUT2D eigenvalue weighted by molar-refractivity contribution is 5.44. The van der Waals surface area contributed by atoms with Crippen LogP contribution in [0.5, 0.6) is 0 Å². The Kier molecular flexibility index (Phi) is 2.11. The minimum atomic E-state index is -0.544. The number of hydrogen-bond acceptors (Lipinski definition) is 3. The summed E-state index contributed by atoms with van der Waals surface area (Å²) in [4.78, 5) is 11.6. The SMILES string of the molecule is CC(O)Cn1[nH]c(C2CC2)c(N)c1=O. The molecule has 1 unspecified atom stereocenters. The summed E-state index contributed by atoms with van der Waals surface area (Å²) in [5, 5.41) is 12.1. The van der Waals surface area contributed by atoms with E-state index in [-0.39, 0.29) is 12.1 Å². The van der Waals surface area contributed by atoms with Gasteiger partial charge in [0, 0.05) is 5.92 Å². The Labute approximate surface area is 81.5 Å². The van der Waals surface area contributed by atoms with Crippen LogP contribution in [0.3, 0.4) is 0 Å². The number of nitrogens with two attached hydrogens (primary N) is 1. The lowest BCUT2D eigenvalue weighted by Gasteiger charge is -2.03. The molecule has 0 bridgehead atoms. The normalized spacial score (nSPS) is 18.4. The fraction of sp³-hybridized carbons (Fsp3) is 0.667. The van der Waals surface area contributed by atoms with E-state index in [1.165, 1.54) is 4.68 Å². The molecule has 2 rings (SSSR count). The minimum absolute atomic E-state index is 0.215. The molecule has 1 aliphatic carbocycles. The fourth-order valence-corrected chi connectivity index (χ4v) is 1.59. The van der Waals surface area contributed by atoms with Crippen LogP contribution in [0.15, 0.2) is 4.79 Å². The van der Waals surface area contributed by atoms with Crippen molar-refractivity contribution in [3.8, 4) is 0 Å². The summed E-state index contributed by atoms with van der Waals surface area (Å²) in [5.74, 6) is 0.429. The second-order valence-corrected chi connectivity index (χ2v) is 3.98. The third-order valence-corrected chi connectivity index (χ3v) is 2.45. The molecule has 1 saturated carbocycles. The Hall–Kier alpha value is -1.23. The van der Waals surface area contributed by atoms with Gasteiger partial charge in [-0.05, 0) is 19.8 Å². The number of nitrogens with zero attached hydrogens (tertiary/aromatic N) is 1. The Morgan fingerprint density at radius 1 is 1.71 bits per heavy atom. The van der Waals surface area contributed by atoms with E-state index < -0.39 is 6.10 Å². The van der Waals surface area contributed by atoms with Crippen LogP contribution in [-0.2, 0) is 6.54 Å². The van der Waals surface area contributed by atoms with Crippen molar-refractivity contribution in [2.24, 2.45) is 0 Å². The van der Waals surface area contributed by atoms with Gasteiger partial charge in [-0.25, -0.2) is 4.68 Å². The molecule has 5 nitrogen and oxygen atoms in total. The lowest BCUT2D eigenvalue weighted by atomic mass is 10.3. The fourth-order valence-electron chi connectivity index (χ4n) is 1.59. The zero-order chi connectivity index (χ0) is 10.3. The smallest absolute Gasteiger partial charge is 0.290 e. The summed E-state index contributed by atoms with van der Waals surface area (Å²) in [7, 11) is 0. The first-order chi connectivity index (χ1) is 6.59. The molecule has 14 heavy (non-hydrogen) atoms. The molecule has 5 heteroatoms. The van der Waals surface area contributed by atoms with Crippen molar-refractivity contribution in [1.82, 2.24) is 9.78 Å². The third kappa shape index (κ3) is 1.55. The average Bonchev–Trinajstić information content (AvgIpc) is 2.88. The first-order valence-corrected chi connectivity index (χ1v) is 4.86. The predicted octanol–water partition coefficient (Wildman–Crippen LogP) is 0.0168. The van der Waals surface area contributed by atoms with Crippen LogP contribution in [0.2, 0.25) is 0 Å².